The van der Waals surface area contributed by atoms with Crippen LogP contribution in [0.2, 0.25) is 0 Å². The molecule has 0 aliphatic heterocycles. The first-order chi connectivity index (χ1) is 26.3. The molecule has 0 aliphatic carbocycles. The van der Waals surface area contributed by atoms with Gasteiger partial charge in [-0.05, 0) is 31.7 Å². The van der Waals surface area contributed by atoms with Gasteiger partial charge < -0.3 is 0 Å². The molecular weight excluding hydrogens is 639 g/mol. The van der Waals surface area contributed by atoms with Gasteiger partial charge in [0.2, 0.25) is 0 Å². The summed E-state index contributed by atoms with van der Waals surface area (Å²) in [5.74, 6) is 0. The van der Waals surface area contributed by atoms with E-state index in [9.17, 15) is 0 Å². The van der Waals surface area contributed by atoms with Gasteiger partial charge in [-0.1, -0.05) is 257 Å². The van der Waals surface area contributed by atoms with Gasteiger partial charge in [0.15, 0.2) is 18.4 Å². The quantitative estimate of drug-likeness (QED) is 0.0476. The highest BCUT2D eigenvalue weighted by Crippen LogP contribution is 2.20. The number of benzene rings is 1. The van der Waals surface area contributed by atoms with E-state index in [0.29, 0.717) is 6.04 Å². The summed E-state index contributed by atoms with van der Waals surface area (Å²) >= 11 is 0. The van der Waals surface area contributed by atoms with Crippen LogP contribution in [0.15, 0.2) is 48.8 Å². The lowest BCUT2D eigenvalue weighted by Gasteiger charge is -2.14. The normalized spacial score (nSPS) is 12.1. The van der Waals surface area contributed by atoms with E-state index < -0.39 is 0 Å². The largest absolute Gasteiger partial charge is 0.198 e. The fraction of sp³-hybridized carbons (Fsp3) is 0.788. The average Bonchev–Trinajstić information content (AvgIpc) is 3.18. The number of aromatic nitrogens is 1. The van der Waals surface area contributed by atoms with Gasteiger partial charge in [-0.2, -0.15) is 4.57 Å². The molecule has 53 heavy (non-hydrogen) atoms. The van der Waals surface area contributed by atoms with Crippen molar-refractivity contribution in [3.05, 3.63) is 65.5 Å². The van der Waals surface area contributed by atoms with Crippen molar-refractivity contribution in [2.75, 3.05) is 0 Å². The van der Waals surface area contributed by atoms with Crippen molar-refractivity contribution in [1.29, 1.82) is 0 Å². The molecule has 0 saturated carbocycles. The van der Waals surface area contributed by atoms with Crippen molar-refractivity contribution in [1.82, 2.24) is 0 Å². The molecule has 0 spiro atoms. The Balaban J connectivity index is 1.60. The van der Waals surface area contributed by atoms with Gasteiger partial charge in [0, 0.05) is 23.1 Å². The highest BCUT2D eigenvalue weighted by molar-refractivity contribution is 5.19. The van der Waals surface area contributed by atoms with Crippen LogP contribution in [0.5, 0.6) is 0 Å². The van der Waals surface area contributed by atoms with E-state index >= 15 is 0 Å². The van der Waals surface area contributed by atoms with Crippen LogP contribution in [0.4, 0.5) is 0 Å². The van der Waals surface area contributed by atoms with Crippen LogP contribution >= 0.6 is 0 Å². The predicted molar refractivity (Wildman–Crippen MR) is 237 cm³/mol. The van der Waals surface area contributed by atoms with Gasteiger partial charge in [0.25, 0.3) is 0 Å². The summed E-state index contributed by atoms with van der Waals surface area (Å²) < 4.78 is 2.57. The molecule has 304 valence electrons. The number of hydrogen-bond donors (Lipinski definition) is 0. The summed E-state index contributed by atoms with van der Waals surface area (Å²) in [6.45, 7) is 6.97. The van der Waals surface area contributed by atoms with E-state index in [-0.39, 0.29) is 0 Å². The Hall–Kier alpha value is -1.63. The van der Waals surface area contributed by atoms with Crippen LogP contribution in [0, 0.1) is 0 Å². The maximum absolute atomic E-state index is 2.57. The third kappa shape index (κ3) is 26.8. The van der Waals surface area contributed by atoms with E-state index in [4.69, 9.17) is 0 Å². The predicted octanol–water partition coefficient (Wildman–Crippen LogP) is 17.4. The molecule has 2 aromatic rings. The number of aryl methyl sites for hydroxylation is 2. The monoisotopic (exact) mass is 731 g/mol. The molecule has 0 radical (unpaired) electrons. The Morgan fingerprint density at radius 3 is 0.925 bits per heavy atom. The Bertz CT molecular complexity index is 970. The molecular formula is C52H92N+. The van der Waals surface area contributed by atoms with Gasteiger partial charge in [-0.25, -0.2) is 0 Å². The van der Waals surface area contributed by atoms with Gasteiger partial charge in [0.05, 0.1) is 0 Å². The van der Waals surface area contributed by atoms with Crippen molar-refractivity contribution >= 4 is 0 Å². The summed E-state index contributed by atoms with van der Waals surface area (Å²) in [5, 5.41) is 0. The molecule has 0 N–H and O–H groups in total. The van der Waals surface area contributed by atoms with E-state index in [1.54, 1.807) is 11.1 Å². The average molecular weight is 731 g/mol. The minimum absolute atomic E-state index is 0.431. The van der Waals surface area contributed by atoms with E-state index in [0.717, 1.165) is 6.42 Å². The highest BCUT2D eigenvalue weighted by atomic mass is 15.0. The van der Waals surface area contributed by atoms with Gasteiger partial charge in [-0.3, -0.25) is 0 Å². The van der Waals surface area contributed by atoms with Gasteiger partial charge in [-0.15, -0.1) is 0 Å². The zero-order chi connectivity index (χ0) is 37.7. The molecule has 0 aliphatic rings. The first-order valence-electron chi connectivity index (χ1n) is 24.4. The number of unbranched alkanes of at least 4 members (excludes halogenated alkanes) is 32. The molecule has 0 amide bonds. The lowest BCUT2D eigenvalue weighted by atomic mass is 9.99. The Kier molecular flexibility index (Phi) is 32.3. The van der Waals surface area contributed by atoms with Crippen LogP contribution in [0.3, 0.4) is 0 Å². The van der Waals surface area contributed by atoms with Crippen LogP contribution < -0.4 is 4.57 Å². The van der Waals surface area contributed by atoms with Crippen molar-refractivity contribution in [2.45, 2.75) is 264 Å². The molecule has 1 atom stereocenters. The van der Waals surface area contributed by atoms with E-state index in [1.165, 1.54) is 237 Å². The smallest absolute Gasteiger partial charge is 0.183 e. The van der Waals surface area contributed by atoms with Crippen molar-refractivity contribution in [3.63, 3.8) is 0 Å². The van der Waals surface area contributed by atoms with Crippen molar-refractivity contribution in [2.24, 2.45) is 0 Å². The zero-order valence-electron chi connectivity index (χ0n) is 36.3. The van der Waals surface area contributed by atoms with Crippen LogP contribution in [0.25, 0.3) is 0 Å². The highest BCUT2D eigenvalue weighted by Gasteiger charge is 2.20. The van der Waals surface area contributed by atoms with Crippen molar-refractivity contribution < 1.29 is 4.57 Å². The maximum atomic E-state index is 2.57. The first kappa shape index (κ1) is 47.5. The second-order valence-corrected chi connectivity index (χ2v) is 17.1. The number of nitrogens with zero attached hydrogens (tertiary/aromatic N) is 1. The summed E-state index contributed by atoms with van der Waals surface area (Å²) in [4.78, 5) is 0. The van der Waals surface area contributed by atoms with Crippen LogP contribution in [-0.4, -0.2) is 0 Å². The Labute approximate surface area is 333 Å². The minimum Gasteiger partial charge on any atom is -0.198 e. The Morgan fingerprint density at radius 1 is 0.358 bits per heavy atom. The third-order valence-electron chi connectivity index (χ3n) is 12.1. The summed E-state index contributed by atoms with van der Waals surface area (Å²) in [7, 11) is 0. The molecule has 1 aromatic carbocycles. The first-order valence-corrected chi connectivity index (χ1v) is 24.4. The fourth-order valence-electron chi connectivity index (χ4n) is 8.59. The molecule has 0 fully saturated rings. The second kappa shape index (κ2) is 36.0. The number of hydrogen-bond acceptors (Lipinski definition) is 0. The summed E-state index contributed by atoms with van der Waals surface area (Å²) in [5.41, 5.74) is 4.56. The SMILES string of the molecule is CCCCCCCCCCCCCCCCCCCc1cc(CCCCCCCCCCCCCCCCCCC)c[n+](C(CC)c2ccccc2)c1. The third-order valence-corrected chi connectivity index (χ3v) is 12.1. The summed E-state index contributed by atoms with van der Waals surface area (Å²) in [6.07, 6.45) is 57.5. The lowest BCUT2D eigenvalue weighted by Crippen LogP contribution is -2.40. The lowest BCUT2D eigenvalue weighted by molar-refractivity contribution is -0.714. The van der Waals surface area contributed by atoms with E-state index in [2.05, 4.69) is 74.1 Å². The molecule has 2 rings (SSSR count). The van der Waals surface area contributed by atoms with Crippen LogP contribution in [0.1, 0.15) is 268 Å². The molecule has 1 heteroatoms. The zero-order valence-corrected chi connectivity index (χ0v) is 36.3. The standard InChI is InChI=1S/C52H92N/c1-4-7-9-11-13-15-17-19-21-23-25-27-29-31-33-35-38-42-49-46-50(48-53(47-49)52(6-3)51-44-40-37-41-45-51)43-39-36-34-32-30-28-26-24-22-20-18-16-14-12-10-8-5-2/h37,40-41,44-48,52H,4-36,38-39,42-43H2,1-3H3/q+1. The molecule has 0 saturated heterocycles. The van der Waals surface area contributed by atoms with Crippen molar-refractivity contribution in [3.8, 4) is 0 Å². The fourth-order valence-corrected chi connectivity index (χ4v) is 8.59. The molecule has 0 bridgehead atoms. The van der Waals surface area contributed by atoms with E-state index in [1.807, 2.05) is 0 Å². The molecule has 1 nitrogen and oxygen atoms in total. The number of pyridine rings is 1. The van der Waals surface area contributed by atoms with Gasteiger partial charge >= 0.3 is 0 Å². The number of rotatable bonds is 39. The molecule has 1 unspecified atom stereocenters. The molecule has 1 heterocycles. The van der Waals surface area contributed by atoms with Gasteiger partial charge in [0.1, 0.15) is 0 Å². The second-order valence-electron chi connectivity index (χ2n) is 17.1. The topological polar surface area (TPSA) is 3.88 Å². The van der Waals surface area contributed by atoms with Crippen LogP contribution in [-0.2, 0) is 12.8 Å². The molecule has 1 aromatic heterocycles. The maximum Gasteiger partial charge on any atom is 0.183 e. The minimum atomic E-state index is 0.431. The summed E-state index contributed by atoms with van der Waals surface area (Å²) in [6, 6.07) is 14.2. The Morgan fingerprint density at radius 2 is 0.642 bits per heavy atom.